The van der Waals surface area contributed by atoms with Crippen LogP contribution >= 0.6 is 23.2 Å². The number of imidazole rings is 1. The molecule has 0 aliphatic heterocycles. The number of H-pyrrole nitrogens is 1. The smallest absolute Gasteiger partial charge is 0.224 e. The van der Waals surface area contributed by atoms with E-state index in [2.05, 4.69) is 25.3 Å². The van der Waals surface area contributed by atoms with Crippen molar-refractivity contribution in [3.05, 3.63) is 46.6 Å². The Morgan fingerprint density at radius 1 is 1.20 bits per heavy atom. The Bertz CT molecular complexity index is 740. The molecule has 0 atom stereocenters. The standard InChI is InChI=1S/C13H11Cl2N5/c14-8-2-1-3-9(6-8)16-5-4-10-11-12(18-7-17-11)20-13(15)19-10/h1-3,6-7,16H,4-5H2,(H,17,18,19,20). The molecule has 7 heteroatoms. The fourth-order valence-corrected chi connectivity index (χ4v) is 2.34. The van der Waals surface area contributed by atoms with E-state index < -0.39 is 0 Å². The summed E-state index contributed by atoms with van der Waals surface area (Å²) in [5.41, 5.74) is 3.22. The molecule has 2 N–H and O–H groups in total. The zero-order chi connectivity index (χ0) is 13.9. The van der Waals surface area contributed by atoms with Gasteiger partial charge in [0.15, 0.2) is 5.65 Å². The van der Waals surface area contributed by atoms with Crippen molar-refractivity contribution >= 4 is 40.1 Å². The number of hydrogen-bond donors (Lipinski definition) is 2. The van der Waals surface area contributed by atoms with Crippen LogP contribution in [0, 0.1) is 0 Å². The van der Waals surface area contributed by atoms with Crippen LogP contribution in [0.25, 0.3) is 11.2 Å². The number of fused-ring (bicyclic) bond motifs is 1. The van der Waals surface area contributed by atoms with E-state index in [4.69, 9.17) is 23.2 Å². The van der Waals surface area contributed by atoms with E-state index >= 15 is 0 Å². The Balaban J connectivity index is 1.72. The van der Waals surface area contributed by atoms with Gasteiger partial charge >= 0.3 is 0 Å². The summed E-state index contributed by atoms with van der Waals surface area (Å²) in [5.74, 6) is 0. The molecule has 0 spiro atoms. The van der Waals surface area contributed by atoms with Gasteiger partial charge in [0.2, 0.25) is 5.28 Å². The molecule has 0 unspecified atom stereocenters. The summed E-state index contributed by atoms with van der Waals surface area (Å²) >= 11 is 11.8. The number of benzene rings is 1. The molecular weight excluding hydrogens is 297 g/mol. The maximum atomic E-state index is 5.93. The number of nitrogens with one attached hydrogen (secondary N) is 2. The van der Waals surface area contributed by atoms with Crippen LogP contribution in [-0.4, -0.2) is 26.5 Å². The van der Waals surface area contributed by atoms with Crippen LogP contribution in [0.5, 0.6) is 0 Å². The number of halogens is 2. The predicted octanol–water partition coefficient (Wildman–Crippen LogP) is 3.31. The Hall–Kier alpha value is -1.85. The summed E-state index contributed by atoms with van der Waals surface area (Å²) in [5, 5.41) is 4.20. The highest BCUT2D eigenvalue weighted by Gasteiger charge is 2.08. The summed E-state index contributed by atoms with van der Waals surface area (Å²) in [6.07, 6.45) is 2.29. The first-order valence-electron chi connectivity index (χ1n) is 6.07. The van der Waals surface area contributed by atoms with Crippen molar-refractivity contribution in [2.75, 3.05) is 11.9 Å². The maximum absolute atomic E-state index is 5.93. The second-order valence-corrected chi connectivity index (χ2v) is 5.00. The zero-order valence-electron chi connectivity index (χ0n) is 10.4. The van der Waals surface area contributed by atoms with E-state index in [1.165, 1.54) is 0 Å². The summed E-state index contributed by atoms with van der Waals surface area (Å²) in [6, 6.07) is 7.58. The third-order valence-corrected chi connectivity index (χ3v) is 3.25. The molecule has 0 saturated carbocycles. The number of hydrogen-bond acceptors (Lipinski definition) is 4. The lowest BCUT2D eigenvalue weighted by Gasteiger charge is -2.07. The molecule has 0 radical (unpaired) electrons. The monoisotopic (exact) mass is 307 g/mol. The van der Waals surface area contributed by atoms with Crippen molar-refractivity contribution in [1.29, 1.82) is 0 Å². The van der Waals surface area contributed by atoms with Gasteiger partial charge in [0.05, 0.1) is 12.0 Å². The third-order valence-electron chi connectivity index (χ3n) is 2.85. The van der Waals surface area contributed by atoms with Crippen molar-refractivity contribution in [2.45, 2.75) is 6.42 Å². The molecule has 0 saturated heterocycles. The van der Waals surface area contributed by atoms with Crippen molar-refractivity contribution in [3.8, 4) is 0 Å². The average Bonchev–Trinajstić information content (AvgIpc) is 2.87. The molecule has 0 amide bonds. The van der Waals surface area contributed by atoms with Crippen LogP contribution in [0.4, 0.5) is 5.69 Å². The van der Waals surface area contributed by atoms with Crippen molar-refractivity contribution < 1.29 is 0 Å². The van der Waals surface area contributed by atoms with Crippen molar-refractivity contribution in [1.82, 2.24) is 19.9 Å². The maximum Gasteiger partial charge on any atom is 0.224 e. The third kappa shape index (κ3) is 2.84. The molecule has 1 aromatic carbocycles. The highest BCUT2D eigenvalue weighted by Crippen LogP contribution is 2.17. The molecule has 0 aliphatic rings. The summed E-state index contributed by atoms with van der Waals surface area (Å²) < 4.78 is 0. The van der Waals surface area contributed by atoms with Crippen LogP contribution in [-0.2, 0) is 6.42 Å². The molecule has 0 aliphatic carbocycles. The minimum Gasteiger partial charge on any atom is -0.385 e. The Morgan fingerprint density at radius 2 is 2.10 bits per heavy atom. The topological polar surface area (TPSA) is 66.5 Å². The lowest BCUT2D eigenvalue weighted by molar-refractivity contribution is 0.958. The summed E-state index contributed by atoms with van der Waals surface area (Å²) in [4.78, 5) is 15.4. The highest BCUT2D eigenvalue weighted by molar-refractivity contribution is 6.30. The largest absolute Gasteiger partial charge is 0.385 e. The fourth-order valence-electron chi connectivity index (χ4n) is 1.97. The van der Waals surface area contributed by atoms with E-state index in [1.54, 1.807) is 6.33 Å². The number of nitrogens with zero attached hydrogens (tertiary/aromatic N) is 3. The quantitative estimate of drug-likeness (QED) is 0.726. The lowest BCUT2D eigenvalue weighted by atomic mass is 10.2. The van der Waals surface area contributed by atoms with Gasteiger partial charge in [-0.15, -0.1) is 0 Å². The Labute approximate surface area is 125 Å². The second-order valence-electron chi connectivity index (χ2n) is 4.23. The number of aromatic nitrogens is 4. The van der Waals surface area contributed by atoms with Gasteiger partial charge in [-0.1, -0.05) is 17.7 Å². The van der Waals surface area contributed by atoms with Gasteiger partial charge in [0.25, 0.3) is 0 Å². The van der Waals surface area contributed by atoms with E-state index in [-0.39, 0.29) is 5.28 Å². The molecule has 20 heavy (non-hydrogen) atoms. The van der Waals surface area contributed by atoms with Crippen LogP contribution in [0.3, 0.4) is 0 Å². The van der Waals surface area contributed by atoms with Gasteiger partial charge < -0.3 is 10.3 Å². The highest BCUT2D eigenvalue weighted by atomic mass is 35.5. The Morgan fingerprint density at radius 3 is 2.95 bits per heavy atom. The molecule has 2 heterocycles. The van der Waals surface area contributed by atoms with Crippen LogP contribution in [0.15, 0.2) is 30.6 Å². The fraction of sp³-hybridized carbons (Fsp3) is 0.154. The SMILES string of the molecule is Clc1cccc(NCCc2nc(Cl)nc3nc[nH]c23)c1. The van der Waals surface area contributed by atoms with Gasteiger partial charge in [-0.05, 0) is 29.8 Å². The molecule has 3 rings (SSSR count). The first-order chi connectivity index (χ1) is 9.72. The van der Waals surface area contributed by atoms with Gasteiger partial charge in [-0.3, -0.25) is 0 Å². The molecule has 102 valence electrons. The van der Waals surface area contributed by atoms with Gasteiger partial charge in [0.1, 0.15) is 5.52 Å². The van der Waals surface area contributed by atoms with Crippen molar-refractivity contribution in [2.24, 2.45) is 0 Å². The second kappa shape index (κ2) is 5.64. The van der Waals surface area contributed by atoms with Crippen LogP contribution < -0.4 is 5.32 Å². The van der Waals surface area contributed by atoms with Crippen LogP contribution in [0.2, 0.25) is 10.3 Å². The Kier molecular flexibility index (Phi) is 3.71. The van der Waals surface area contributed by atoms with E-state index in [0.717, 1.165) is 16.9 Å². The molecule has 5 nitrogen and oxygen atoms in total. The number of aromatic amines is 1. The van der Waals surface area contributed by atoms with E-state index in [0.29, 0.717) is 23.6 Å². The first-order valence-corrected chi connectivity index (χ1v) is 6.83. The average molecular weight is 308 g/mol. The lowest BCUT2D eigenvalue weighted by Crippen LogP contribution is -2.07. The molecular formula is C13H11Cl2N5. The number of anilines is 1. The van der Waals surface area contributed by atoms with Gasteiger partial charge in [-0.2, -0.15) is 4.98 Å². The zero-order valence-corrected chi connectivity index (χ0v) is 11.9. The minimum absolute atomic E-state index is 0.211. The normalized spacial score (nSPS) is 10.9. The van der Waals surface area contributed by atoms with E-state index in [9.17, 15) is 0 Å². The molecule has 3 aromatic rings. The summed E-state index contributed by atoms with van der Waals surface area (Å²) in [6.45, 7) is 0.710. The van der Waals surface area contributed by atoms with Gasteiger partial charge in [0, 0.05) is 23.7 Å². The van der Waals surface area contributed by atoms with E-state index in [1.807, 2.05) is 24.3 Å². The molecule has 2 aromatic heterocycles. The van der Waals surface area contributed by atoms with Gasteiger partial charge in [-0.25, -0.2) is 9.97 Å². The first kappa shape index (κ1) is 13.1. The van der Waals surface area contributed by atoms with Crippen LogP contribution in [0.1, 0.15) is 5.69 Å². The minimum atomic E-state index is 0.211. The molecule has 0 fully saturated rings. The molecule has 0 bridgehead atoms. The number of rotatable bonds is 4. The summed E-state index contributed by atoms with van der Waals surface area (Å²) in [7, 11) is 0. The predicted molar refractivity (Wildman–Crippen MR) is 80.3 cm³/mol. The van der Waals surface area contributed by atoms with Crippen molar-refractivity contribution in [3.63, 3.8) is 0 Å².